The minimum Gasteiger partial charge on any atom is -0.476 e. The first kappa shape index (κ1) is 16.9. The number of carboxylic acid groups (broad SMARTS) is 1. The van der Waals surface area contributed by atoms with Crippen LogP contribution in [0.2, 0.25) is 0 Å². The summed E-state index contributed by atoms with van der Waals surface area (Å²) < 4.78 is 0. The van der Waals surface area contributed by atoms with Crippen molar-refractivity contribution >= 4 is 30.0 Å². The third-order valence-electron chi connectivity index (χ3n) is 3.49. The molecule has 0 amide bonds. The third kappa shape index (κ3) is 3.66. The first-order valence-corrected chi connectivity index (χ1v) is 6.93. The number of nitrogens with two attached hydrogens (primary N) is 1. The molecule has 0 atom stereocenters. The highest BCUT2D eigenvalue weighted by Crippen LogP contribution is 2.20. The maximum atomic E-state index is 11.1. The summed E-state index contributed by atoms with van der Waals surface area (Å²) in [5.41, 5.74) is 6.40. The number of halogens is 1. The fourth-order valence-electron chi connectivity index (χ4n) is 2.31. The van der Waals surface area contributed by atoms with E-state index in [1.165, 1.54) is 6.20 Å². The Balaban J connectivity index is 0.00000192. The zero-order valence-electron chi connectivity index (χ0n) is 12.3. The van der Waals surface area contributed by atoms with Crippen molar-refractivity contribution in [2.45, 2.75) is 0 Å². The van der Waals surface area contributed by atoms with E-state index in [0.717, 1.165) is 32.0 Å². The van der Waals surface area contributed by atoms with Gasteiger partial charge in [-0.15, -0.1) is 12.4 Å². The second-order valence-electron chi connectivity index (χ2n) is 4.94. The van der Waals surface area contributed by atoms with Crippen LogP contribution in [0.3, 0.4) is 0 Å². The van der Waals surface area contributed by atoms with E-state index in [9.17, 15) is 4.79 Å². The number of carbonyl (C=O) groups is 1. The lowest BCUT2D eigenvalue weighted by Gasteiger charge is -2.28. The Morgan fingerprint density at radius 1 is 1.22 bits per heavy atom. The highest BCUT2D eigenvalue weighted by atomic mass is 35.5. The Morgan fingerprint density at radius 3 is 2.57 bits per heavy atom. The first-order chi connectivity index (χ1) is 10.6. The van der Waals surface area contributed by atoms with Crippen LogP contribution in [0.4, 0.5) is 11.6 Å². The number of piperazine rings is 1. The summed E-state index contributed by atoms with van der Waals surface area (Å²) >= 11 is 0. The number of pyridine rings is 1. The van der Waals surface area contributed by atoms with Crippen molar-refractivity contribution in [1.82, 2.24) is 20.3 Å². The molecule has 1 fully saturated rings. The highest BCUT2D eigenvalue weighted by molar-refractivity contribution is 5.90. The Bertz CT molecular complexity index is 688. The number of nitrogen functional groups attached to an aromatic ring is 1. The lowest BCUT2D eigenvalue weighted by molar-refractivity contribution is 0.0691. The van der Waals surface area contributed by atoms with E-state index in [1.54, 1.807) is 6.20 Å². The minimum atomic E-state index is -1.20. The number of aromatic carboxylic acids is 1. The molecule has 23 heavy (non-hydrogen) atoms. The van der Waals surface area contributed by atoms with Crippen molar-refractivity contribution in [3.8, 4) is 11.3 Å². The molecule has 0 unspecified atom stereocenters. The van der Waals surface area contributed by atoms with Crippen LogP contribution in [-0.4, -0.2) is 52.2 Å². The van der Waals surface area contributed by atoms with E-state index in [0.29, 0.717) is 11.3 Å². The molecule has 1 saturated heterocycles. The standard InChI is InChI=1S/C14H16N6O2.ClH/c15-13-12(14(21)22)19-10(8-18-13)9-1-2-11(17-7-9)20-5-3-16-4-6-20;/h1-2,7-8,16H,3-6H2,(H2,15,18)(H,21,22);1H. The normalized spacial score (nSPS) is 14.2. The fourth-order valence-corrected chi connectivity index (χ4v) is 2.31. The Labute approximate surface area is 139 Å². The van der Waals surface area contributed by atoms with Gasteiger partial charge < -0.3 is 21.1 Å². The van der Waals surface area contributed by atoms with Crippen LogP contribution in [0.15, 0.2) is 24.5 Å². The summed E-state index contributed by atoms with van der Waals surface area (Å²) in [7, 11) is 0. The van der Waals surface area contributed by atoms with Crippen LogP contribution in [0, 0.1) is 0 Å². The van der Waals surface area contributed by atoms with E-state index < -0.39 is 5.97 Å². The van der Waals surface area contributed by atoms with Crippen molar-refractivity contribution in [3.63, 3.8) is 0 Å². The smallest absolute Gasteiger partial charge is 0.358 e. The topological polar surface area (TPSA) is 117 Å². The van der Waals surface area contributed by atoms with Crippen molar-refractivity contribution in [3.05, 3.63) is 30.2 Å². The largest absolute Gasteiger partial charge is 0.476 e. The maximum absolute atomic E-state index is 11.1. The summed E-state index contributed by atoms with van der Waals surface area (Å²) in [4.78, 5) is 25.6. The van der Waals surface area contributed by atoms with E-state index in [-0.39, 0.29) is 23.9 Å². The molecule has 0 aromatic carbocycles. The number of rotatable bonds is 3. The summed E-state index contributed by atoms with van der Waals surface area (Å²) in [6.45, 7) is 3.71. The third-order valence-corrected chi connectivity index (χ3v) is 3.49. The monoisotopic (exact) mass is 336 g/mol. The Morgan fingerprint density at radius 2 is 1.96 bits per heavy atom. The highest BCUT2D eigenvalue weighted by Gasteiger charge is 2.14. The van der Waals surface area contributed by atoms with Gasteiger partial charge in [0.25, 0.3) is 0 Å². The lowest BCUT2D eigenvalue weighted by Crippen LogP contribution is -2.43. The summed E-state index contributed by atoms with van der Waals surface area (Å²) in [5, 5.41) is 12.3. The second kappa shape index (κ2) is 7.21. The van der Waals surface area contributed by atoms with Gasteiger partial charge in [0.05, 0.1) is 11.9 Å². The van der Waals surface area contributed by atoms with Crippen LogP contribution in [0.1, 0.15) is 10.5 Å². The SMILES string of the molecule is Cl.Nc1ncc(-c2ccc(N3CCNCC3)nc2)nc1C(=O)O. The van der Waals surface area contributed by atoms with Crippen molar-refractivity contribution < 1.29 is 9.90 Å². The van der Waals surface area contributed by atoms with Gasteiger partial charge in [-0.1, -0.05) is 0 Å². The lowest BCUT2D eigenvalue weighted by atomic mass is 10.2. The van der Waals surface area contributed by atoms with Crippen LogP contribution < -0.4 is 16.0 Å². The first-order valence-electron chi connectivity index (χ1n) is 6.93. The predicted molar refractivity (Wildman–Crippen MR) is 89.0 cm³/mol. The Kier molecular flexibility index (Phi) is 5.30. The van der Waals surface area contributed by atoms with Gasteiger partial charge in [0, 0.05) is 37.9 Å². The molecule has 0 aliphatic carbocycles. The number of hydrogen-bond acceptors (Lipinski definition) is 7. The molecule has 1 aliphatic heterocycles. The van der Waals surface area contributed by atoms with Crippen molar-refractivity contribution in [2.24, 2.45) is 0 Å². The van der Waals surface area contributed by atoms with Crippen LogP contribution in [0.25, 0.3) is 11.3 Å². The van der Waals surface area contributed by atoms with E-state index >= 15 is 0 Å². The summed E-state index contributed by atoms with van der Waals surface area (Å²) in [6.07, 6.45) is 3.12. The van der Waals surface area contributed by atoms with E-state index in [2.05, 4.69) is 25.2 Å². The van der Waals surface area contributed by atoms with Gasteiger partial charge in [0.1, 0.15) is 5.82 Å². The maximum Gasteiger partial charge on any atom is 0.358 e. The van der Waals surface area contributed by atoms with E-state index in [1.807, 2.05) is 12.1 Å². The molecule has 3 rings (SSSR count). The van der Waals surface area contributed by atoms with Gasteiger partial charge in [0.2, 0.25) is 0 Å². The number of aromatic nitrogens is 3. The van der Waals surface area contributed by atoms with Gasteiger partial charge in [-0.3, -0.25) is 0 Å². The molecule has 0 saturated carbocycles. The Hall–Kier alpha value is -2.45. The van der Waals surface area contributed by atoms with Crippen molar-refractivity contribution in [2.75, 3.05) is 36.8 Å². The molecule has 0 spiro atoms. The number of carboxylic acids is 1. The van der Waals surface area contributed by atoms with Gasteiger partial charge in [0.15, 0.2) is 11.5 Å². The zero-order chi connectivity index (χ0) is 15.5. The number of nitrogens with zero attached hydrogens (tertiary/aromatic N) is 4. The number of hydrogen-bond donors (Lipinski definition) is 3. The average molecular weight is 337 g/mol. The van der Waals surface area contributed by atoms with Gasteiger partial charge in [-0.25, -0.2) is 19.7 Å². The molecular weight excluding hydrogens is 320 g/mol. The molecule has 8 nitrogen and oxygen atoms in total. The van der Waals surface area contributed by atoms with Gasteiger partial charge in [-0.05, 0) is 12.1 Å². The molecule has 0 bridgehead atoms. The molecular formula is C14H17ClN6O2. The number of nitrogens with one attached hydrogen (secondary N) is 1. The molecule has 122 valence electrons. The zero-order valence-corrected chi connectivity index (χ0v) is 13.1. The molecule has 1 aliphatic rings. The fraction of sp³-hybridized carbons (Fsp3) is 0.286. The summed E-state index contributed by atoms with van der Waals surface area (Å²) in [5.74, 6) is -0.397. The summed E-state index contributed by atoms with van der Waals surface area (Å²) in [6, 6.07) is 3.76. The van der Waals surface area contributed by atoms with Crippen LogP contribution in [0.5, 0.6) is 0 Å². The van der Waals surface area contributed by atoms with E-state index in [4.69, 9.17) is 10.8 Å². The molecule has 2 aromatic rings. The van der Waals surface area contributed by atoms with Gasteiger partial charge in [-0.2, -0.15) is 0 Å². The predicted octanol–water partition coefficient (Wildman–Crippen LogP) is 0.650. The quantitative estimate of drug-likeness (QED) is 0.748. The average Bonchev–Trinajstić information content (AvgIpc) is 2.56. The van der Waals surface area contributed by atoms with Crippen molar-refractivity contribution in [1.29, 1.82) is 0 Å². The molecule has 4 N–H and O–H groups in total. The minimum absolute atomic E-state index is 0. The van der Waals surface area contributed by atoms with Crippen LogP contribution >= 0.6 is 12.4 Å². The van der Waals surface area contributed by atoms with Crippen LogP contribution in [-0.2, 0) is 0 Å². The molecule has 2 aromatic heterocycles. The molecule has 9 heteroatoms. The molecule has 0 radical (unpaired) electrons. The number of anilines is 2. The van der Waals surface area contributed by atoms with Gasteiger partial charge >= 0.3 is 5.97 Å². The second-order valence-corrected chi connectivity index (χ2v) is 4.94. The molecule has 3 heterocycles.